The Balaban J connectivity index is 1.39. The third kappa shape index (κ3) is 3.15. The van der Waals surface area contributed by atoms with Gasteiger partial charge in [0, 0.05) is 17.5 Å². The molecule has 1 N–H and O–H groups in total. The first-order valence-corrected chi connectivity index (χ1v) is 13.9. The summed E-state index contributed by atoms with van der Waals surface area (Å²) in [7, 11) is 0. The van der Waals surface area contributed by atoms with E-state index in [-0.39, 0.29) is 23.3 Å². The number of carboxylic acids is 1. The Morgan fingerprint density at radius 3 is 2.14 bits per heavy atom. The molecule has 5 aromatic carbocycles. The van der Waals surface area contributed by atoms with E-state index in [2.05, 4.69) is 12.1 Å². The number of hydrogen-bond acceptors (Lipinski definition) is 4. The first-order chi connectivity index (χ1) is 20.5. The highest BCUT2D eigenvalue weighted by atomic mass is 16.4. The molecule has 2 amide bonds. The maximum atomic E-state index is 14.7. The number of anilines is 1. The van der Waals surface area contributed by atoms with Crippen LogP contribution >= 0.6 is 0 Å². The molecule has 1 aliphatic heterocycles. The summed E-state index contributed by atoms with van der Waals surface area (Å²) in [5.41, 5.74) is 4.09. The molecule has 0 aromatic heterocycles. The average Bonchev–Trinajstić information content (AvgIpc) is 3.30. The van der Waals surface area contributed by atoms with Crippen LogP contribution in [-0.2, 0) is 15.0 Å². The van der Waals surface area contributed by atoms with Crippen molar-refractivity contribution in [2.24, 2.45) is 16.8 Å². The van der Waals surface area contributed by atoms with E-state index in [9.17, 15) is 19.5 Å². The van der Waals surface area contributed by atoms with E-state index in [1.807, 2.05) is 78.9 Å². The topological polar surface area (TPSA) is 87.0 Å². The summed E-state index contributed by atoms with van der Waals surface area (Å²) < 4.78 is 0. The van der Waals surface area contributed by atoms with Gasteiger partial charge in [0.15, 0.2) is 0 Å². The van der Waals surface area contributed by atoms with Gasteiger partial charge in [0.05, 0.1) is 34.2 Å². The second-order valence-corrected chi connectivity index (χ2v) is 11.1. The van der Waals surface area contributed by atoms with Gasteiger partial charge >= 0.3 is 5.97 Å². The molecule has 0 saturated carbocycles. The number of carbonyl (C=O) groups excluding carboxylic acids is 2. The van der Waals surface area contributed by atoms with Crippen LogP contribution in [0.25, 0.3) is 10.8 Å². The van der Waals surface area contributed by atoms with E-state index >= 15 is 0 Å². The van der Waals surface area contributed by atoms with Gasteiger partial charge in [-0.1, -0.05) is 91.0 Å². The summed E-state index contributed by atoms with van der Waals surface area (Å²) in [6.45, 7) is 0. The van der Waals surface area contributed by atoms with Crippen molar-refractivity contribution < 1.29 is 19.5 Å². The molecule has 2 unspecified atom stereocenters. The summed E-state index contributed by atoms with van der Waals surface area (Å²) in [4.78, 5) is 47.2. The monoisotopic (exact) mass is 548 g/mol. The van der Waals surface area contributed by atoms with E-state index in [1.165, 1.54) is 17.0 Å². The van der Waals surface area contributed by atoms with Crippen LogP contribution in [0.4, 0.5) is 11.4 Å². The van der Waals surface area contributed by atoms with Crippen LogP contribution in [0.15, 0.2) is 120 Å². The lowest BCUT2D eigenvalue weighted by Crippen LogP contribution is -2.54. The van der Waals surface area contributed by atoms with Gasteiger partial charge in [0.2, 0.25) is 11.8 Å². The molecular weight excluding hydrogens is 524 g/mol. The summed E-state index contributed by atoms with van der Waals surface area (Å²) >= 11 is 0. The number of benzene rings is 5. The fourth-order valence-electron chi connectivity index (χ4n) is 7.59. The minimum atomic E-state index is -1.04. The maximum absolute atomic E-state index is 14.7. The fraction of sp³-hybridized carbons (Fsp3) is 0.111. The van der Waals surface area contributed by atoms with Crippen LogP contribution in [-0.4, -0.2) is 29.1 Å². The molecule has 1 saturated heterocycles. The highest BCUT2D eigenvalue weighted by Crippen LogP contribution is 2.64. The predicted octanol–water partition coefficient (Wildman–Crippen LogP) is 6.49. The molecule has 2 bridgehead atoms. The Labute approximate surface area is 241 Å². The van der Waals surface area contributed by atoms with Gasteiger partial charge in [-0.15, -0.1) is 0 Å². The predicted molar refractivity (Wildman–Crippen MR) is 160 cm³/mol. The number of fused-ring (bicyclic) bond motifs is 1. The molecule has 3 aliphatic carbocycles. The highest BCUT2D eigenvalue weighted by molar-refractivity contribution is 6.27. The molecule has 0 radical (unpaired) electrons. The first-order valence-electron chi connectivity index (χ1n) is 13.9. The molecule has 6 heteroatoms. The van der Waals surface area contributed by atoms with Crippen LogP contribution in [0.2, 0.25) is 0 Å². The number of carbonyl (C=O) groups is 3. The Hall–Kier alpha value is -5.36. The fourth-order valence-corrected chi connectivity index (χ4v) is 7.59. The zero-order valence-corrected chi connectivity index (χ0v) is 22.3. The third-order valence-electron chi connectivity index (χ3n) is 9.20. The number of carboxylic acid groups (broad SMARTS) is 1. The van der Waals surface area contributed by atoms with Crippen LogP contribution < -0.4 is 4.90 Å². The van der Waals surface area contributed by atoms with Gasteiger partial charge in [-0.3, -0.25) is 14.6 Å². The molecule has 4 aliphatic rings. The molecular formula is C36H24N2O4. The number of aliphatic imine (C=N–C) groups is 1. The zero-order chi connectivity index (χ0) is 28.6. The molecule has 202 valence electrons. The zero-order valence-electron chi connectivity index (χ0n) is 22.3. The molecule has 6 nitrogen and oxygen atoms in total. The van der Waals surface area contributed by atoms with Gasteiger partial charge in [0.25, 0.3) is 0 Å². The van der Waals surface area contributed by atoms with Crippen molar-refractivity contribution in [2.75, 3.05) is 4.90 Å². The molecule has 2 atom stereocenters. The molecule has 5 aromatic rings. The van der Waals surface area contributed by atoms with E-state index in [0.29, 0.717) is 11.4 Å². The molecule has 1 heterocycles. The number of hydrogen-bond donors (Lipinski definition) is 1. The van der Waals surface area contributed by atoms with Crippen LogP contribution in [0.3, 0.4) is 0 Å². The lowest BCUT2D eigenvalue weighted by molar-refractivity contribution is -0.122. The smallest absolute Gasteiger partial charge is 0.335 e. The van der Waals surface area contributed by atoms with Crippen LogP contribution in [0.1, 0.15) is 38.5 Å². The van der Waals surface area contributed by atoms with E-state index in [1.54, 1.807) is 18.3 Å². The van der Waals surface area contributed by atoms with Gasteiger partial charge in [-0.25, -0.2) is 9.69 Å². The minimum Gasteiger partial charge on any atom is -0.478 e. The summed E-state index contributed by atoms with van der Waals surface area (Å²) in [5, 5.41) is 11.3. The van der Waals surface area contributed by atoms with Crippen molar-refractivity contribution in [3.63, 3.8) is 0 Å². The Morgan fingerprint density at radius 1 is 0.762 bits per heavy atom. The number of imide groups is 1. The SMILES string of the molecule is O=C(O)c1cccc(N=CC23c4ccccc4C(c4ccccc42)C2C(=O)N(c4cccc5ccccc45)C(=O)C23)c1. The standard InChI is InChI=1S/C36H24N2O4/c39-33-31-30-25-14-3-5-16-27(25)36(28-17-6-4-15-26(28)30,20-37-23-12-7-11-22(19-23)35(41)42)32(31)34(40)38(33)29-18-8-10-21-9-1-2-13-24(21)29/h1-20,30-32H,(H,41,42). The average molecular weight is 549 g/mol. The molecule has 0 spiro atoms. The van der Waals surface area contributed by atoms with Crippen LogP contribution in [0.5, 0.6) is 0 Å². The second kappa shape index (κ2) is 8.82. The second-order valence-electron chi connectivity index (χ2n) is 11.1. The van der Waals surface area contributed by atoms with Crippen molar-refractivity contribution in [1.29, 1.82) is 0 Å². The Bertz CT molecular complexity index is 1960. The molecule has 9 rings (SSSR count). The minimum absolute atomic E-state index is 0.127. The van der Waals surface area contributed by atoms with E-state index in [0.717, 1.165) is 33.0 Å². The van der Waals surface area contributed by atoms with Crippen LogP contribution in [0, 0.1) is 11.8 Å². The third-order valence-corrected chi connectivity index (χ3v) is 9.20. The van der Waals surface area contributed by atoms with E-state index in [4.69, 9.17) is 4.99 Å². The summed E-state index contributed by atoms with van der Waals surface area (Å²) in [6, 6.07) is 36.0. The summed E-state index contributed by atoms with van der Waals surface area (Å²) in [6.07, 6.45) is 1.79. The van der Waals surface area contributed by atoms with Crippen molar-refractivity contribution in [3.05, 3.63) is 143 Å². The largest absolute Gasteiger partial charge is 0.478 e. The van der Waals surface area contributed by atoms with E-state index < -0.39 is 23.2 Å². The van der Waals surface area contributed by atoms with Crippen molar-refractivity contribution >= 4 is 46.1 Å². The number of aromatic carboxylic acids is 1. The van der Waals surface area contributed by atoms with Gasteiger partial charge < -0.3 is 5.11 Å². The number of nitrogens with zero attached hydrogens (tertiary/aromatic N) is 2. The van der Waals surface area contributed by atoms with Crippen molar-refractivity contribution in [1.82, 2.24) is 0 Å². The maximum Gasteiger partial charge on any atom is 0.335 e. The Kier molecular flexibility index (Phi) is 5.13. The van der Waals surface area contributed by atoms with Crippen molar-refractivity contribution in [3.8, 4) is 0 Å². The first kappa shape index (κ1) is 24.4. The normalized spacial score (nSPS) is 23.7. The lowest BCUT2D eigenvalue weighted by atomic mass is 9.47. The summed E-state index contributed by atoms with van der Waals surface area (Å²) in [5.74, 6) is -3.10. The molecule has 42 heavy (non-hydrogen) atoms. The highest BCUT2D eigenvalue weighted by Gasteiger charge is 2.68. The number of amides is 2. The quantitative estimate of drug-likeness (QED) is 0.205. The van der Waals surface area contributed by atoms with Gasteiger partial charge in [-0.2, -0.15) is 0 Å². The lowest BCUT2D eigenvalue weighted by Gasteiger charge is -2.52. The van der Waals surface area contributed by atoms with Crippen molar-refractivity contribution in [2.45, 2.75) is 11.3 Å². The Morgan fingerprint density at radius 2 is 1.40 bits per heavy atom. The van der Waals surface area contributed by atoms with Gasteiger partial charge in [0.1, 0.15) is 0 Å². The number of rotatable bonds is 4. The molecule has 1 fully saturated rings. The van der Waals surface area contributed by atoms with Gasteiger partial charge in [-0.05, 0) is 51.9 Å².